The van der Waals surface area contributed by atoms with Crippen LogP contribution in [0, 0.1) is 0 Å². The smallest absolute Gasteiger partial charge is 0.0695 e. The highest BCUT2D eigenvalue weighted by Crippen LogP contribution is 2.17. The molecule has 0 radical (unpaired) electrons. The lowest BCUT2D eigenvalue weighted by Gasteiger charge is -2.41. The highest BCUT2D eigenvalue weighted by atomic mass is 16.5. The van der Waals surface area contributed by atoms with Crippen molar-refractivity contribution in [2.24, 2.45) is 5.73 Å². The molecule has 72 valence electrons. The second kappa shape index (κ2) is 4.80. The first-order chi connectivity index (χ1) is 5.81. The number of likely N-dealkylation sites (tertiary alicyclic amines) is 1. The Bertz CT molecular complexity index is 124. The van der Waals surface area contributed by atoms with Gasteiger partial charge in [0.1, 0.15) is 0 Å². The quantitative estimate of drug-likeness (QED) is 0.654. The van der Waals surface area contributed by atoms with E-state index in [0.29, 0.717) is 12.1 Å². The van der Waals surface area contributed by atoms with E-state index in [2.05, 4.69) is 11.8 Å². The van der Waals surface area contributed by atoms with Gasteiger partial charge in [-0.1, -0.05) is 6.92 Å². The zero-order valence-electron chi connectivity index (χ0n) is 8.12. The van der Waals surface area contributed by atoms with Crippen LogP contribution < -0.4 is 5.73 Å². The van der Waals surface area contributed by atoms with Gasteiger partial charge in [-0.2, -0.15) is 0 Å². The monoisotopic (exact) mass is 172 g/mol. The summed E-state index contributed by atoms with van der Waals surface area (Å²) in [5.41, 5.74) is 5.60. The van der Waals surface area contributed by atoms with Crippen molar-refractivity contribution < 1.29 is 4.74 Å². The lowest BCUT2D eigenvalue weighted by molar-refractivity contribution is 0.0111. The second-order valence-corrected chi connectivity index (χ2v) is 3.44. The van der Waals surface area contributed by atoms with Gasteiger partial charge in [0.2, 0.25) is 0 Å². The van der Waals surface area contributed by atoms with E-state index < -0.39 is 0 Å². The highest BCUT2D eigenvalue weighted by molar-refractivity contribution is 4.84. The van der Waals surface area contributed by atoms with Crippen molar-refractivity contribution in [3.8, 4) is 0 Å². The molecule has 1 rings (SSSR count). The molecule has 0 aromatic heterocycles. The molecule has 0 saturated carbocycles. The van der Waals surface area contributed by atoms with Gasteiger partial charge in [-0.15, -0.1) is 0 Å². The van der Waals surface area contributed by atoms with Crippen molar-refractivity contribution in [3.05, 3.63) is 0 Å². The number of rotatable bonds is 5. The topological polar surface area (TPSA) is 38.5 Å². The Morgan fingerprint density at radius 3 is 2.75 bits per heavy atom. The number of methoxy groups -OCH3 is 1. The van der Waals surface area contributed by atoms with Crippen LogP contribution in [0.2, 0.25) is 0 Å². The Kier molecular flexibility index (Phi) is 3.98. The third-order valence-electron chi connectivity index (χ3n) is 2.76. The van der Waals surface area contributed by atoms with Crippen LogP contribution in [0.15, 0.2) is 0 Å². The van der Waals surface area contributed by atoms with Gasteiger partial charge in [0, 0.05) is 32.8 Å². The Morgan fingerprint density at radius 1 is 1.67 bits per heavy atom. The molecule has 1 aliphatic rings. The third kappa shape index (κ3) is 2.19. The van der Waals surface area contributed by atoms with E-state index in [1.807, 2.05) is 0 Å². The average molecular weight is 172 g/mol. The molecular weight excluding hydrogens is 152 g/mol. The first kappa shape index (κ1) is 9.96. The molecule has 3 heteroatoms. The van der Waals surface area contributed by atoms with E-state index in [1.165, 1.54) is 13.0 Å². The van der Waals surface area contributed by atoms with Crippen LogP contribution in [-0.2, 0) is 4.74 Å². The van der Waals surface area contributed by atoms with Crippen LogP contribution in [0.25, 0.3) is 0 Å². The minimum Gasteiger partial charge on any atom is -0.380 e. The normalized spacial score (nSPS) is 26.8. The number of nitrogens with zero attached hydrogens (tertiary/aromatic N) is 1. The first-order valence-corrected chi connectivity index (χ1v) is 4.78. The molecule has 0 aromatic carbocycles. The van der Waals surface area contributed by atoms with Crippen molar-refractivity contribution >= 4 is 0 Å². The molecule has 3 nitrogen and oxygen atoms in total. The Hall–Kier alpha value is -0.120. The van der Waals surface area contributed by atoms with Crippen molar-refractivity contribution in [2.45, 2.75) is 31.9 Å². The molecule has 1 fully saturated rings. The zero-order valence-corrected chi connectivity index (χ0v) is 8.12. The predicted octanol–water partition coefficient (Wildman–Crippen LogP) is 0.444. The highest BCUT2D eigenvalue weighted by Gasteiger charge is 2.27. The molecule has 0 spiro atoms. The predicted molar refractivity (Wildman–Crippen MR) is 50.1 cm³/mol. The fourth-order valence-corrected chi connectivity index (χ4v) is 1.63. The van der Waals surface area contributed by atoms with Gasteiger partial charge in [0.15, 0.2) is 0 Å². The summed E-state index contributed by atoms with van der Waals surface area (Å²) in [4.78, 5) is 2.41. The van der Waals surface area contributed by atoms with Crippen molar-refractivity contribution in [3.63, 3.8) is 0 Å². The molecule has 0 aromatic rings. The van der Waals surface area contributed by atoms with Crippen LogP contribution in [0.5, 0.6) is 0 Å². The second-order valence-electron chi connectivity index (χ2n) is 3.44. The van der Waals surface area contributed by atoms with Crippen LogP contribution in [-0.4, -0.2) is 43.8 Å². The molecule has 1 saturated heterocycles. The molecule has 1 heterocycles. The summed E-state index contributed by atoms with van der Waals surface area (Å²) in [5, 5.41) is 0. The fourth-order valence-electron chi connectivity index (χ4n) is 1.63. The van der Waals surface area contributed by atoms with E-state index in [1.54, 1.807) is 7.11 Å². The van der Waals surface area contributed by atoms with Crippen molar-refractivity contribution in [2.75, 3.05) is 26.7 Å². The number of ether oxygens (including phenoxy) is 1. The van der Waals surface area contributed by atoms with Gasteiger partial charge in [-0.05, 0) is 12.8 Å². The third-order valence-corrected chi connectivity index (χ3v) is 2.76. The minimum absolute atomic E-state index is 0.388. The molecule has 1 aliphatic heterocycles. The van der Waals surface area contributed by atoms with Gasteiger partial charge in [0.05, 0.1) is 6.10 Å². The Balaban J connectivity index is 2.21. The van der Waals surface area contributed by atoms with Gasteiger partial charge in [-0.25, -0.2) is 0 Å². The molecule has 2 atom stereocenters. The molecule has 0 aliphatic carbocycles. The van der Waals surface area contributed by atoms with Crippen LogP contribution in [0.3, 0.4) is 0 Å². The van der Waals surface area contributed by atoms with Gasteiger partial charge in [-0.3, -0.25) is 4.90 Å². The lowest BCUT2D eigenvalue weighted by atomic mass is 10.0. The van der Waals surface area contributed by atoms with E-state index in [0.717, 1.165) is 19.5 Å². The fraction of sp³-hybridized carbons (Fsp3) is 1.00. The number of nitrogens with two attached hydrogens (primary N) is 1. The summed E-state index contributed by atoms with van der Waals surface area (Å²) in [7, 11) is 1.78. The number of hydrogen-bond donors (Lipinski definition) is 1. The summed E-state index contributed by atoms with van der Waals surface area (Å²) in [6.07, 6.45) is 2.74. The summed E-state index contributed by atoms with van der Waals surface area (Å²) in [6.45, 7) is 5.20. The Labute approximate surface area is 74.9 Å². The van der Waals surface area contributed by atoms with Gasteiger partial charge < -0.3 is 10.5 Å². The summed E-state index contributed by atoms with van der Waals surface area (Å²) >= 11 is 0. The molecule has 12 heavy (non-hydrogen) atoms. The molecular formula is C9H20N2O. The van der Waals surface area contributed by atoms with E-state index in [9.17, 15) is 0 Å². The number of hydrogen-bond acceptors (Lipinski definition) is 3. The van der Waals surface area contributed by atoms with Crippen LogP contribution in [0.1, 0.15) is 19.8 Å². The van der Waals surface area contributed by atoms with Gasteiger partial charge in [0.25, 0.3) is 0 Å². The lowest BCUT2D eigenvalue weighted by Crippen LogP contribution is -2.54. The summed E-state index contributed by atoms with van der Waals surface area (Å²) < 4.78 is 5.32. The van der Waals surface area contributed by atoms with Crippen LogP contribution in [0.4, 0.5) is 0 Å². The standard InChI is InChI=1S/C9H20N2O/c1-3-9(12-2)7-11-5-4-8(11)6-10/h8-9H,3-7,10H2,1-2H3. The molecule has 0 amide bonds. The largest absolute Gasteiger partial charge is 0.380 e. The molecule has 2 N–H and O–H groups in total. The van der Waals surface area contributed by atoms with E-state index in [4.69, 9.17) is 10.5 Å². The maximum Gasteiger partial charge on any atom is 0.0695 e. The first-order valence-electron chi connectivity index (χ1n) is 4.78. The SMILES string of the molecule is CCC(CN1CCC1CN)OC. The van der Waals surface area contributed by atoms with Gasteiger partial charge >= 0.3 is 0 Å². The van der Waals surface area contributed by atoms with Crippen molar-refractivity contribution in [1.29, 1.82) is 0 Å². The van der Waals surface area contributed by atoms with E-state index in [-0.39, 0.29) is 0 Å². The summed E-state index contributed by atoms with van der Waals surface area (Å²) in [6, 6.07) is 0.620. The van der Waals surface area contributed by atoms with E-state index >= 15 is 0 Å². The maximum atomic E-state index is 5.60. The Morgan fingerprint density at radius 2 is 2.42 bits per heavy atom. The molecule has 0 bridgehead atoms. The maximum absolute atomic E-state index is 5.60. The van der Waals surface area contributed by atoms with Crippen LogP contribution >= 0.6 is 0 Å². The van der Waals surface area contributed by atoms with Crippen molar-refractivity contribution in [1.82, 2.24) is 4.90 Å². The summed E-state index contributed by atoms with van der Waals surface area (Å²) in [5.74, 6) is 0. The zero-order chi connectivity index (χ0) is 8.97. The molecule has 2 unspecified atom stereocenters. The minimum atomic E-state index is 0.388. The average Bonchev–Trinajstić information content (AvgIpc) is 2.05.